The summed E-state index contributed by atoms with van der Waals surface area (Å²) in [5.41, 5.74) is -2.56. The van der Waals surface area contributed by atoms with E-state index in [-0.39, 0.29) is 45.4 Å². The first kappa shape index (κ1) is 29.0. The van der Waals surface area contributed by atoms with Gasteiger partial charge in [0.15, 0.2) is 17.3 Å². The second-order valence-electron chi connectivity index (χ2n) is 10.1. The van der Waals surface area contributed by atoms with Crippen molar-refractivity contribution in [1.82, 2.24) is 4.98 Å². The van der Waals surface area contributed by atoms with E-state index in [9.17, 15) is 24.3 Å². The molecule has 0 saturated carbocycles. The number of aromatic amines is 1. The van der Waals surface area contributed by atoms with Gasteiger partial charge in [0.05, 0.1) is 40.4 Å². The average Bonchev–Trinajstić information content (AvgIpc) is 3.29. The average molecular weight is 598 g/mol. The number of aliphatic hydroxyl groups is 1. The van der Waals surface area contributed by atoms with E-state index >= 15 is 0 Å². The van der Waals surface area contributed by atoms with E-state index in [1.165, 1.54) is 40.6 Å². The summed E-state index contributed by atoms with van der Waals surface area (Å²) < 4.78 is 27.0. The normalized spacial score (nSPS) is 20.4. The number of allylic oxidation sites excluding steroid dienone is 1. The molecule has 1 aliphatic carbocycles. The minimum atomic E-state index is -2.08. The van der Waals surface area contributed by atoms with Crippen molar-refractivity contribution < 1.29 is 43.2 Å². The third-order valence-electron chi connectivity index (χ3n) is 7.92. The van der Waals surface area contributed by atoms with E-state index in [2.05, 4.69) is 4.98 Å². The quantitative estimate of drug-likeness (QED) is 0.377. The van der Waals surface area contributed by atoms with Crippen molar-refractivity contribution in [2.45, 2.75) is 31.3 Å². The van der Waals surface area contributed by atoms with Gasteiger partial charge < -0.3 is 33.8 Å². The van der Waals surface area contributed by atoms with E-state index in [1.807, 2.05) is 0 Å². The third-order valence-corrected chi connectivity index (χ3v) is 8.27. The lowest BCUT2D eigenvalue weighted by molar-refractivity contribution is -0.140. The van der Waals surface area contributed by atoms with Crippen molar-refractivity contribution in [3.63, 3.8) is 0 Å². The highest BCUT2D eigenvalue weighted by molar-refractivity contribution is 6.35. The largest absolute Gasteiger partial charge is 0.507 e. The summed E-state index contributed by atoms with van der Waals surface area (Å²) in [4.78, 5) is 56.5. The molecular weight excluding hydrogens is 570 g/mol. The Hall–Kier alpha value is -4.51. The van der Waals surface area contributed by atoms with Crippen LogP contribution in [0.1, 0.15) is 41.6 Å². The van der Waals surface area contributed by atoms with E-state index < -0.39 is 52.7 Å². The molecular formula is C30H28ClNO10. The van der Waals surface area contributed by atoms with Gasteiger partial charge >= 0.3 is 5.97 Å². The summed E-state index contributed by atoms with van der Waals surface area (Å²) in [7, 11) is 5.39. The molecule has 42 heavy (non-hydrogen) atoms. The maximum atomic E-state index is 14.1. The Morgan fingerprint density at radius 2 is 1.81 bits per heavy atom. The molecule has 11 nitrogen and oxygen atoms in total. The number of methoxy groups -OCH3 is 4. The molecule has 2 heterocycles. The van der Waals surface area contributed by atoms with Crippen LogP contribution in [0.4, 0.5) is 0 Å². The van der Waals surface area contributed by atoms with Gasteiger partial charge in [-0.3, -0.25) is 19.2 Å². The van der Waals surface area contributed by atoms with E-state index in [0.717, 1.165) is 0 Å². The van der Waals surface area contributed by atoms with Crippen molar-refractivity contribution >= 4 is 40.0 Å². The molecule has 0 saturated heterocycles. The van der Waals surface area contributed by atoms with Crippen LogP contribution in [0.25, 0.3) is 10.9 Å². The summed E-state index contributed by atoms with van der Waals surface area (Å²) in [6.07, 6.45) is -0.716. The Balaban J connectivity index is 1.75. The topological polar surface area (TPSA) is 150 Å². The molecule has 3 aromatic rings. The Bertz CT molecular complexity index is 1740. The molecule has 2 aromatic carbocycles. The second kappa shape index (κ2) is 10.7. The zero-order valence-electron chi connectivity index (χ0n) is 23.5. The first-order valence-corrected chi connectivity index (χ1v) is 13.3. The molecule has 220 valence electrons. The van der Waals surface area contributed by atoms with Crippen LogP contribution >= 0.6 is 11.6 Å². The van der Waals surface area contributed by atoms with Gasteiger partial charge in [-0.1, -0.05) is 18.5 Å². The Kier molecular flexibility index (Phi) is 7.40. The molecule has 1 aromatic heterocycles. The fourth-order valence-corrected chi connectivity index (χ4v) is 6.00. The number of nitrogens with one attached hydrogen (secondary N) is 1. The molecule has 0 fully saturated rings. The number of rotatable bonds is 7. The SMILES string of the molecule is COC(=O)CC(C1=C(O)C2(Oc3c(Cl)c(OC)cc(OC)c3C2=O)C(C)CC1=O)c1cc2ccc(OC)cc2[nH]c1=O. The number of ether oxygens (including phenoxy) is 5. The van der Waals surface area contributed by atoms with Gasteiger partial charge in [-0.05, 0) is 23.6 Å². The van der Waals surface area contributed by atoms with Crippen molar-refractivity contribution in [3.05, 3.63) is 68.2 Å². The van der Waals surface area contributed by atoms with E-state index in [4.69, 9.17) is 35.3 Å². The number of Topliss-reactive ketones (excluding diaryl/α,β-unsaturated/α-hetero) is 2. The predicted molar refractivity (Wildman–Crippen MR) is 151 cm³/mol. The fourth-order valence-electron chi connectivity index (χ4n) is 5.74. The van der Waals surface area contributed by atoms with Gasteiger partial charge in [0.25, 0.3) is 5.56 Å². The molecule has 0 radical (unpaired) electrons. The van der Waals surface area contributed by atoms with Crippen LogP contribution in [-0.4, -0.2) is 61.7 Å². The summed E-state index contributed by atoms with van der Waals surface area (Å²) in [6, 6.07) is 7.96. The number of ketones is 2. The van der Waals surface area contributed by atoms with Gasteiger partial charge in [-0.25, -0.2) is 0 Å². The molecule has 2 aliphatic rings. The van der Waals surface area contributed by atoms with Crippen LogP contribution in [-0.2, 0) is 14.3 Å². The number of carbonyl (C=O) groups excluding carboxylic acids is 3. The lowest BCUT2D eigenvalue weighted by atomic mass is 9.69. The highest BCUT2D eigenvalue weighted by Crippen LogP contribution is 2.55. The molecule has 0 bridgehead atoms. The number of fused-ring (bicyclic) bond motifs is 2. The number of carbonyl (C=O) groups is 3. The first-order chi connectivity index (χ1) is 20.0. The van der Waals surface area contributed by atoms with Gasteiger partial charge in [0, 0.05) is 41.5 Å². The molecule has 2 N–H and O–H groups in total. The van der Waals surface area contributed by atoms with Crippen molar-refractivity contribution in [3.8, 4) is 23.0 Å². The first-order valence-electron chi connectivity index (χ1n) is 12.9. The summed E-state index contributed by atoms with van der Waals surface area (Å²) in [5.74, 6) is -4.15. The number of H-pyrrole nitrogens is 1. The smallest absolute Gasteiger partial charge is 0.306 e. The molecule has 5 rings (SSSR count). The molecule has 1 aliphatic heterocycles. The highest BCUT2D eigenvalue weighted by Gasteiger charge is 2.61. The number of aliphatic hydroxyl groups excluding tert-OH is 1. The van der Waals surface area contributed by atoms with Gasteiger partial charge in [0.1, 0.15) is 27.8 Å². The van der Waals surface area contributed by atoms with Crippen LogP contribution in [0.2, 0.25) is 5.02 Å². The minimum Gasteiger partial charge on any atom is -0.507 e. The molecule has 3 unspecified atom stereocenters. The van der Waals surface area contributed by atoms with Gasteiger partial charge in [0.2, 0.25) is 11.4 Å². The number of pyridine rings is 1. The summed E-state index contributed by atoms with van der Waals surface area (Å²) in [6.45, 7) is 1.58. The Morgan fingerprint density at radius 3 is 2.45 bits per heavy atom. The van der Waals surface area contributed by atoms with Crippen LogP contribution in [0.3, 0.4) is 0 Å². The summed E-state index contributed by atoms with van der Waals surface area (Å²) in [5, 5.41) is 12.4. The predicted octanol–water partition coefficient (Wildman–Crippen LogP) is 4.29. The fraction of sp³-hybridized carbons (Fsp3) is 0.333. The van der Waals surface area contributed by atoms with Crippen molar-refractivity contribution in [1.29, 1.82) is 0 Å². The maximum absolute atomic E-state index is 14.1. The Morgan fingerprint density at radius 1 is 1.10 bits per heavy atom. The molecule has 1 spiro atoms. The number of hydrogen-bond acceptors (Lipinski definition) is 10. The number of esters is 1. The number of hydrogen-bond donors (Lipinski definition) is 2. The molecule has 3 atom stereocenters. The second-order valence-corrected chi connectivity index (χ2v) is 10.5. The zero-order valence-corrected chi connectivity index (χ0v) is 24.2. The van der Waals surface area contributed by atoms with Gasteiger partial charge in [-0.2, -0.15) is 0 Å². The lowest BCUT2D eigenvalue weighted by Crippen LogP contribution is -2.53. The van der Waals surface area contributed by atoms with Crippen molar-refractivity contribution in [2.24, 2.45) is 5.92 Å². The zero-order chi connectivity index (χ0) is 30.5. The third kappa shape index (κ3) is 4.27. The van der Waals surface area contributed by atoms with Gasteiger partial charge in [-0.15, -0.1) is 0 Å². The standard InChI is InChI=1S/C30H28ClNO10/c1-13-8-19(33)23(27(35)30(13)28(36)24-20(39-3)12-21(40-4)25(31)26(24)42-30)16(11-22(34)41-5)17-9-14-6-7-15(38-2)10-18(14)32-29(17)37/h6-7,9-10,12-13,16,35H,8,11H2,1-5H3,(H,32,37). The monoisotopic (exact) mass is 597 g/mol. The van der Waals surface area contributed by atoms with Crippen LogP contribution in [0.5, 0.6) is 23.0 Å². The van der Waals surface area contributed by atoms with Crippen molar-refractivity contribution in [2.75, 3.05) is 28.4 Å². The van der Waals surface area contributed by atoms with E-state index in [0.29, 0.717) is 16.7 Å². The molecule has 12 heteroatoms. The van der Waals surface area contributed by atoms with Crippen LogP contribution in [0.15, 0.2) is 46.5 Å². The van der Waals surface area contributed by atoms with Crippen LogP contribution in [0, 0.1) is 5.92 Å². The minimum absolute atomic E-state index is 0.0120. The maximum Gasteiger partial charge on any atom is 0.306 e. The van der Waals surface area contributed by atoms with E-state index in [1.54, 1.807) is 25.1 Å². The number of halogens is 1. The number of aromatic nitrogens is 1. The number of benzene rings is 2. The summed E-state index contributed by atoms with van der Waals surface area (Å²) >= 11 is 6.52. The lowest BCUT2D eigenvalue weighted by Gasteiger charge is -2.38. The molecule has 0 amide bonds. The van der Waals surface area contributed by atoms with Crippen LogP contribution < -0.4 is 24.5 Å². The highest BCUT2D eigenvalue weighted by atomic mass is 35.5. The Labute approximate surface area is 244 Å².